The van der Waals surface area contributed by atoms with Gasteiger partial charge in [-0.2, -0.15) is 5.26 Å². The summed E-state index contributed by atoms with van der Waals surface area (Å²) in [6, 6.07) is 11.1. The van der Waals surface area contributed by atoms with Gasteiger partial charge in [-0.25, -0.2) is 0 Å². The van der Waals surface area contributed by atoms with E-state index in [4.69, 9.17) is 5.26 Å². The van der Waals surface area contributed by atoms with Crippen molar-refractivity contribution in [2.45, 2.75) is 12.8 Å². The van der Waals surface area contributed by atoms with E-state index in [1.807, 2.05) is 36.4 Å². The monoisotopic (exact) mass is 268 g/mol. The Labute approximate surface area is 118 Å². The second-order valence-corrected chi connectivity index (χ2v) is 4.74. The molecular weight excluding hydrogens is 252 g/mol. The average molecular weight is 268 g/mol. The number of rotatable bonds is 4. The lowest BCUT2D eigenvalue weighted by Crippen LogP contribution is -2.36. The molecule has 4 nitrogen and oxygen atoms in total. The molecular formula is C16H16N2O2. The maximum atomic E-state index is 12.1. The molecule has 1 aromatic rings. The van der Waals surface area contributed by atoms with Crippen molar-refractivity contribution in [3.8, 4) is 6.07 Å². The topological polar surface area (TPSA) is 61.2 Å². The third-order valence-corrected chi connectivity index (χ3v) is 3.32. The van der Waals surface area contributed by atoms with Crippen LogP contribution in [0.25, 0.3) is 6.08 Å². The highest BCUT2D eigenvalue weighted by Gasteiger charge is 2.30. The summed E-state index contributed by atoms with van der Waals surface area (Å²) in [7, 11) is 0. The number of likely N-dealkylation sites (tertiary alicyclic amines) is 1. The van der Waals surface area contributed by atoms with Gasteiger partial charge in [0, 0.05) is 13.1 Å². The third-order valence-electron chi connectivity index (χ3n) is 3.32. The van der Waals surface area contributed by atoms with Crippen LogP contribution in [0.1, 0.15) is 18.4 Å². The number of carbonyl (C=O) groups excluding carboxylic acids is 2. The molecule has 0 radical (unpaired) electrons. The van der Waals surface area contributed by atoms with Gasteiger partial charge in [0.15, 0.2) is 11.7 Å². The van der Waals surface area contributed by atoms with Crippen LogP contribution in [0.5, 0.6) is 0 Å². The average Bonchev–Trinajstić information content (AvgIpc) is 3.01. The normalized spacial score (nSPS) is 16.1. The molecule has 4 heteroatoms. The van der Waals surface area contributed by atoms with Crippen LogP contribution in [-0.4, -0.2) is 29.7 Å². The van der Waals surface area contributed by atoms with Crippen LogP contribution >= 0.6 is 0 Å². The predicted molar refractivity (Wildman–Crippen MR) is 75.4 cm³/mol. The molecule has 0 aromatic heterocycles. The SMILES string of the molecule is N#C[C@@H](C(=O)/C=C/c1ccccc1)C(=O)N1CCCC1. The van der Waals surface area contributed by atoms with Crippen LogP contribution in [0.3, 0.4) is 0 Å². The number of amides is 1. The summed E-state index contributed by atoms with van der Waals surface area (Å²) in [6.45, 7) is 1.29. The number of benzene rings is 1. The smallest absolute Gasteiger partial charge is 0.247 e. The number of hydrogen-bond donors (Lipinski definition) is 0. The van der Waals surface area contributed by atoms with Gasteiger partial charge in [-0.15, -0.1) is 0 Å². The second-order valence-electron chi connectivity index (χ2n) is 4.74. The van der Waals surface area contributed by atoms with E-state index in [1.165, 1.54) is 6.08 Å². The number of ketones is 1. The first-order valence-corrected chi connectivity index (χ1v) is 6.68. The number of carbonyl (C=O) groups is 2. The summed E-state index contributed by atoms with van der Waals surface area (Å²) in [6.07, 6.45) is 4.83. The largest absolute Gasteiger partial charge is 0.341 e. The predicted octanol–water partition coefficient (Wildman–Crippen LogP) is 2.03. The fourth-order valence-corrected chi connectivity index (χ4v) is 2.20. The van der Waals surface area contributed by atoms with Gasteiger partial charge in [-0.1, -0.05) is 36.4 Å². The Balaban J connectivity index is 2.04. The summed E-state index contributed by atoms with van der Waals surface area (Å²) in [5, 5.41) is 9.07. The lowest BCUT2D eigenvalue weighted by molar-refractivity contribution is -0.136. The maximum Gasteiger partial charge on any atom is 0.247 e. The van der Waals surface area contributed by atoms with Crippen molar-refractivity contribution in [3.05, 3.63) is 42.0 Å². The van der Waals surface area contributed by atoms with Gasteiger partial charge in [0.25, 0.3) is 0 Å². The van der Waals surface area contributed by atoms with E-state index in [9.17, 15) is 9.59 Å². The van der Waals surface area contributed by atoms with Crippen molar-refractivity contribution in [2.24, 2.45) is 5.92 Å². The van der Waals surface area contributed by atoms with E-state index in [-0.39, 0.29) is 5.91 Å². The molecule has 0 spiro atoms. The van der Waals surface area contributed by atoms with Crippen molar-refractivity contribution in [3.63, 3.8) is 0 Å². The molecule has 102 valence electrons. The van der Waals surface area contributed by atoms with Crippen LogP contribution in [-0.2, 0) is 9.59 Å². The van der Waals surface area contributed by atoms with Crippen LogP contribution in [0.15, 0.2) is 36.4 Å². The van der Waals surface area contributed by atoms with Gasteiger partial charge in [-0.3, -0.25) is 9.59 Å². The summed E-state index contributed by atoms with van der Waals surface area (Å²) in [5.41, 5.74) is 0.867. The first-order chi connectivity index (χ1) is 9.72. The van der Waals surface area contributed by atoms with E-state index >= 15 is 0 Å². The first-order valence-electron chi connectivity index (χ1n) is 6.68. The molecule has 20 heavy (non-hydrogen) atoms. The number of nitrogens with zero attached hydrogens (tertiary/aromatic N) is 2. The molecule has 0 bridgehead atoms. The third kappa shape index (κ3) is 3.33. The zero-order valence-electron chi connectivity index (χ0n) is 11.2. The minimum atomic E-state index is -1.21. The highest BCUT2D eigenvalue weighted by molar-refractivity contribution is 6.10. The standard InChI is InChI=1S/C16H16N2O2/c17-12-14(16(20)18-10-4-5-11-18)15(19)9-8-13-6-2-1-3-7-13/h1-3,6-9,14H,4-5,10-11H2/b9-8+/t14-/m0/s1. The Hall–Kier alpha value is -2.41. The quantitative estimate of drug-likeness (QED) is 0.620. The van der Waals surface area contributed by atoms with E-state index in [0.29, 0.717) is 13.1 Å². The maximum absolute atomic E-state index is 12.1. The van der Waals surface area contributed by atoms with Crippen LogP contribution in [0.4, 0.5) is 0 Å². The Morgan fingerprint density at radius 2 is 1.85 bits per heavy atom. The molecule has 1 aliphatic heterocycles. The van der Waals surface area contributed by atoms with Gasteiger partial charge in [-0.05, 0) is 24.5 Å². The van der Waals surface area contributed by atoms with E-state index in [0.717, 1.165) is 18.4 Å². The van der Waals surface area contributed by atoms with Crippen LogP contribution in [0, 0.1) is 17.2 Å². The summed E-state index contributed by atoms with van der Waals surface area (Å²) in [4.78, 5) is 25.7. The molecule has 0 saturated carbocycles. The molecule has 1 aliphatic rings. The Bertz CT molecular complexity index is 552. The zero-order valence-corrected chi connectivity index (χ0v) is 11.2. The Kier molecular flexibility index (Phi) is 4.67. The molecule has 0 unspecified atom stereocenters. The van der Waals surface area contributed by atoms with Crippen molar-refractivity contribution >= 4 is 17.8 Å². The summed E-state index contributed by atoms with van der Waals surface area (Å²) >= 11 is 0. The van der Waals surface area contributed by atoms with Gasteiger partial charge in [0.05, 0.1) is 6.07 Å². The van der Waals surface area contributed by atoms with Gasteiger partial charge >= 0.3 is 0 Å². The lowest BCUT2D eigenvalue weighted by atomic mass is 10.0. The molecule has 0 aliphatic carbocycles. The summed E-state index contributed by atoms with van der Waals surface area (Å²) < 4.78 is 0. The van der Waals surface area contributed by atoms with Gasteiger partial charge in [0.2, 0.25) is 5.91 Å². The lowest BCUT2D eigenvalue weighted by Gasteiger charge is -2.16. The number of allylic oxidation sites excluding steroid dienone is 1. The molecule has 1 aromatic carbocycles. The number of nitriles is 1. The molecule has 1 amide bonds. The molecule has 0 N–H and O–H groups in total. The van der Waals surface area contributed by atoms with Gasteiger partial charge in [0.1, 0.15) is 0 Å². The molecule has 2 rings (SSSR count). The minimum absolute atomic E-state index is 0.368. The van der Waals surface area contributed by atoms with E-state index in [1.54, 1.807) is 11.0 Å². The minimum Gasteiger partial charge on any atom is -0.341 e. The van der Waals surface area contributed by atoms with Crippen LogP contribution in [0.2, 0.25) is 0 Å². The molecule has 1 atom stereocenters. The van der Waals surface area contributed by atoms with Crippen LogP contribution < -0.4 is 0 Å². The molecule has 1 heterocycles. The Morgan fingerprint density at radius 3 is 2.45 bits per heavy atom. The van der Waals surface area contributed by atoms with E-state index in [2.05, 4.69) is 0 Å². The first kappa shape index (κ1) is 14.0. The highest BCUT2D eigenvalue weighted by Crippen LogP contribution is 2.13. The van der Waals surface area contributed by atoms with Gasteiger partial charge < -0.3 is 4.90 Å². The highest BCUT2D eigenvalue weighted by atomic mass is 16.2. The van der Waals surface area contributed by atoms with Crippen molar-refractivity contribution in [1.82, 2.24) is 4.90 Å². The van der Waals surface area contributed by atoms with Crippen molar-refractivity contribution < 1.29 is 9.59 Å². The number of hydrogen-bond acceptors (Lipinski definition) is 3. The fraction of sp³-hybridized carbons (Fsp3) is 0.312. The van der Waals surface area contributed by atoms with E-state index < -0.39 is 11.7 Å². The Morgan fingerprint density at radius 1 is 1.20 bits per heavy atom. The van der Waals surface area contributed by atoms with Crippen molar-refractivity contribution in [2.75, 3.05) is 13.1 Å². The fourth-order valence-electron chi connectivity index (χ4n) is 2.20. The summed E-state index contributed by atoms with van der Waals surface area (Å²) in [5.74, 6) is -2.03. The second kappa shape index (κ2) is 6.67. The molecule has 1 fully saturated rings. The molecule has 1 saturated heterocycles. The zero-order chi connectivity index (χ0) is 14.4. The van der Waals surface area contributed by atoms with Crippen molar-refractivity contribution in [1.29, 1.82) is 5.26 Å².